The van der Waals surface area contributed by atoms with E-state index in [1.54, 1.807) is 29.8 Å². The molecular weight excluding hydrogens is 260 g/mol. The molecule has 3 nitrogen and oxygen atoms in total. The Kier molecular flexibility index (Phi) is 2.84. The lowest BCUT2D eigenvalue weighted by Gasteiger charge is -2.10. The minimum Gasteiger partial charge on any atom is -0.269 e. The Labute approximate surface area is 115 Å². The van der Waals surface area contributed by atoms with E-state index in [2.05, 4.69) is 4.98 Å². The predicted molar refractivity (Wildman–Crippen MR) is 77.1 cm³/mol. The van der Waals surface area contributed by atoms with Gasteiger partial charge in [0.2, 0.25) is 0 Å². The Hall–Kier alpha value is -2.13. The molecule has 19 heavy (non-hydrogen) atoms. The largest absolute Gasteiger partial charge is 0.269 e. The molecule has 0 unspecified atom stereocenters. The maximum Gasteiger partial charge on any atom is 0.259 e. The summed E-state index contributed by atoms with van der Waals surface area (Å²) in [5, 5.41) is 1.58. The second kappa shape index (κ2) is 4.52. The van der Waals surface area contributed by atoms with Crippen LogP contribution in [0.1, 0.15) is 5.56 Å². The van der Waals surface area contributed by atoms with Gasteiger partial charge in [-0.15, -0.1) is 0 Å². The van der Waals surface area contributed by atoms with Crippen LogP contribution in [-0.2, 0) is 0 Å². The van der Waals surface area contributed by atoms with Gasteiger partial charge in [0, 0.05) is 22.2 Å². The summed E-state index contributed by atoms with van der Waals surface area (Å²) in [6.45, 7) is 1.81. The number of benzene rings is 1. The molecule has 3 aromatic rings. The van der Waals surface area contributed by atoms with Crippen LogP contribution in [0, 0.1) is 6.92 Å². The zero-order valence-electron chi connectivity index (χ0n) is 10.3. The lowest BCUT2D eigenvalue weighted by molar-refractivity contribution is 0.996. The number of aromatic nitrogens is 2. The fourth-order valence-corrected chi connectivity index (χ4v) is 2.23. The second-order valence-corrected chi connectivity index (χ2v) is 4.80. The van der Waals surface area contributed by atoms with Crippen LogP contribution in [0.15, 0.2) is 53.5 Å². The molecule has 0 saturated carbocycles. The van der Waals surface area contributed by atoms with E-state index in [1.165, 1.54) is 0 Å². The normalized spacial score (nSPS) is 10.8. The van der Waals surface area contributed by atoms with Gasteiger partial charge in [-0.05, 0) is 49.4 Å². The highest BCUT2D eigenvalue weighted by Gasteiger charge is 2.09. The summed E-state index contributed by atoms with van der Waals surface area (Å²) in [6.07, 6.45) is 1.68. The van der Waals surface area contributed by atoms with Gasteiger partial charge in [-0.2, -0.15) is 0 Å². The summed E-state index contributed by atoms with van der Waals surface area (Å²) in [4.78, 5) is 16.7. The van der Waals surface area contributed by atoms with E-state index < -0.39 is 0 Å². The van der Waals surface area contributed by atoms with Crippen molar-refractivity contribution < 1.29 is 0 Å². The quantitative estimate of drug-likeness (QED) is 0.680. The molecule has 0 saturated heterocycles. The fourth-order valence-electron chi connectivity index (χ4n) is 2.11. The van der Waals surface area contributed by atoms with Gasteiger partial charge in [0.1, 0.15) is 5.65 Å². The summed E-state index contributed by atoms with van der Waals surface area (Å²) in [5.41, 5.74) is 2.05. The number of hydrogen-bond acceptors (Lipinski definition) is 2. The van der Waals surface area contributed by atoms with Crippen molar-refractivity contribution in [2.75, 3.05) is 0 Å². The standard InChI is InChI=1S/C15H11ClN2O/c1-10-9-11-3-2-8-17-14(11)18(15(10)19)13-6-4-12(16)5-7-13/h2-9H,1H3. The van der Waals surface area contributed by atoms with Gasteiger partial charge in [0.25, 0.3) is 5.56 Å². The van der Waals surface area contributed by atoms with E-state index >= 15 is 0 Å². The zero-order valence-corrected chi connectivity index (χ0v) is 11.1. The lowest BCUT2D eigenvalue weighted by Crippen LogP contribution is -2.21. The summed E-state index contributed by atoms with van der Waals surface area (Å²) < 4.78 is 1.61. The van der Waals surface area contributed by atoms with Crippen molar-refractivity contribution in [1.82, 2.24) is 9.55 Å². The molecular formula is C15H11ClN2O. The summed E-state index contributed by atoms with van der Waals surface area (Å²) in [6, 6.07) is 12.8. The van der Waals surface area contributed by atoms with Crippen LogP contribution in [0.25, 0.3) is 16.7 Å². The topological polar surface area (TPSA) is 34.9 Å². The molecule has 0 N–H and O–H groups in total. The molecule has 0 atom stereocenters. The van der Waals surface area contributed by atoms with Crippen molar-refractivity contribution in [2.24, 2.45) is 0 Å². The number of rotatable bonds is 1. The number of aryl methyl sites for hydroxylation is 1. The molecule has 4 heteroatoms. The number of halogens is 1. The van der Waals surface area contributed by atoms with Gasteiger partial charge in [-0.1, -0.05) is 11.6 Å². The first kappa shape index (κ1) is 11.9. The Bertz CT molecular complexity index is 806. The van der Waals surface area contributed by atoms with Crippen molar-refractivity contribution in [3.8, 4) is 5.69 Å². The molecule has 0 radical (unpaired) electrons. The van der Waals surface area contributed by atoms with Crippen molar-refractivity contribution in [3.05, 3.63) is 69.6 Å². The average molecular weight is 271 g/mol. The van der Waals surface area contributed by atoms with Gasteiger partial charge < -0.3 is 0 Å². The Morgan fingerprint density at radius 1 is 1.16 bits per heavy atom. The smallest absolute Gasteiger partial charge is 0.259 e. The van der Waals surface area contributed by atoms with Crippen molar-refractivity contribution in [2.45, 2.75) is 6.92 Å². The third-order valence-corrected chi connectivity index (χ3v) is 3.28. The molecule has 0 bridgehead atoms. The molecule has 0 aliphatic carbocycles. The Morgan fingerprint density at radius 2 is 1.89 bits per heavy atom. The fraction of sp³-hybridized carbons (Fsp3) is 0.0667. The first-order valence-electron chi connectivity index (χ1n) is 5.90. The number of fused-ring (bicyclic) bond motifs is 1. The van der Waals surface area contributed by atoms with Crippen molar-refractivity contribution in [1.29, 1.82) is 0 Å². The Morgan fingerprint density at radius 3 is 2.63 bits per heavy atom. The van der Waals surface area contributed by atoms with Crippen LogP contribution in [0.2, 0.25) is 5.02 Å². The van der Waals surface area contributed by atoms with Gasteiger partial charge in [-0.3, -0.25) is 9.36 Å². The lowest BCUT2D eigenvalue weighted by atomic mass is 10.2. The van der Waals surface area contributed by atoms with E-state index in [0.717, 1.165) is 11.1 Å². The SMILES string of the molecule is Cc1cc2cccnc2n(-c2ccc(Cl)cc2)c1=O. The monoisotopic (exact) mass is 270 g/mol. The Balaban J connectivity index is 2.42. The summed E-state index contributed by atoms with van der Waals surface area (Å²) in [5.74, 6) is 0. The molecule has 0 amide bonds. The molecule has 0 fully saturated rings. The molecule has 0 aliphatic heterocycles. The van der Waals surface area contributed by atoms with E-state index in [0.29, 0.717) is 16.2 Å². The molecule has 0 spiro atoms. The van der Waals surface area contributed by atoms with Gasteiger partial charge >= 0.3 is 0 Å². The highest BCUT2D eigenvalue weighted by Crippen LogP contribution is 2.17. The van der Waals surface area contributed by atoms with E-state index in [4.69, 9.17) is 11.6 Å². The number of nitrogens with zero attached hydrogens (tertiary/aromatic N) is 2. The second-order valence-electron chi connectivity index (χ2n) is 4.36. The zero-order chi connectivity index (χ0) is 13.4. The van der Waals surface area contributed by atoms with Gasteiger partial charge in [-0.25, -0.2) is 4.98 Å². The maximum atomic E-state index is 12.4. The van der Waals surface area contributed by atoms with Crippen LogP contribution < -0.4 is 5.56 Å². The minimum absolute atomic E-state index is 0.0616. The summed E-state index contributed by atoms with van der Waals surface area (Å²) >= 11 is 5.89. The van der Waals surface area contributed by atoms with Gasteiger partial charge in [0.05, 0.1) is 5.69 Å². The molecule has 1 aromatic carbocycles. The average Bonchev–Trinajstić information content (AvgIpc) is 2.42. The first-order chi connectivity index (χ1) is 9.16. The van der Waals surface area contributed by atoms with Gasteiger partial charge in [0.15, 0.2) is 0 Å². The van der Waals surface area contributed by atoms with Crippen LogP contribution in [-0.4, -0.2) is 9.55 Å². The summed E-state index contributed by atoms with van der Waals surface area (Å²) in [7, 11) is 0. The number of hydrogen-bond donors (Lipinski definition) is 0. The predicted octanol–water partition coefficient (Wildman–Crippen LogP) is 3.35. The van der Waals surface area contributed by atoms with Crippen LogP contribution in [0.4, 0.5) is 0 Å². The van der Waals surface area contributed by atoms with Crippen LogP contribution >= 0.6 is 11.6 Å². The molecule has 2 aromatic heterocycles. The molecule has 2 heterocycles. The number of pyridine rings is 2. The first-order valence-corrected chi connectivity index (χ1v) is 6.28. The third-order valence-electron chi connectivity index (χ3n) is 3.03. The molecule has 94 valence electrons. The highest BCUT2D eigenvalue weighted by atomic mass is 35.5. The van der Waals surface area contributed by atoms with Crippen LogP contribution in [0.5, 0.6) is 0 Å². The van der Waals surface area contributed by atoms with Crippen molar-refractivity contribution >= 4 is 22.6 Å². The highest BCUT2D eigenvalue weighted by molar-refractivity contribution is 6.30. The van der Waals surface area contributed by atoms with Crippen molar-refractivity contribution in [3.63, 3.8) is 0 Å². The van der Waals surface area contributed by atoms with E-state index in [1.807, 2.05) is 30.3 Å². The third kappa shape index (κ3) is 2.02. The molecule has 0 aliphatic rings. The maximum absolute atomic E-state index is 12.4. The van der Waals surface area contributed by atoms with Crippen LogP contribution in [0.3, 0.4) is 0 Å². The van der Waals surface area contributed by atoms with E-state index in [-0.39, 0.29) is 5.56 Å². The minimum atomic E-state index is -0.0616. The molecule has 3 rings (SSSR count). The van der Waals surface area contributed by atoms with E-state index in [9.17, 15) is 4.79 Å².